The van der Waals surface area contributed by atoms with Crippen molar-refractivity contribution in [3.63, 3.8) is 0 Å². The lowest BCUT2D eigenvalue weighted by Crippen LogP contribution is -2.48. The molecule has 0 aromatic carbocycles. The first-order valence-electron chi connectivity index (χ1n) is 6.65. The Kier molecular flexibility index (Phi) is 5.92. The lowest BCUT2D eigenvalue weighted by molar-refractivity contribution is -0.131. The van der Waals surface area contributed by atoms with E-state index in [0.717, 1.165) is 32.4 Å². The second-order valence-electron chi connectivity index (χ2n) is 5.37. The summed E-state index contributed by atoms with van der Waals surface area (Å²) in [5.74, 6) is 0.175. The van der Waals surface area contributed by atoms with Gasteiger partial charge in [0.25, 0.3) is 0 Å². The molecule has 0 spiro atoms. The van der Waals surface area contributed by atoms with E-state index in [0.29, 0.717) is 13.2 Å². The van der Waals surface area contributed by atoms with E-state index < -0.39 is 0 Å². The standard InChI is InChI=1S/C13H26N2O2/c1-11(2)17-9-5-8-15-12(16)13(3)6-4-7-14-10-13/h11,14H,4-10H2,1-3H3,(H,15,16). The molecule has 0 saturated carbocycles. The van der Waals surface area contributed by atoms with Crippen molar-refractivity contribution in [2.75, 3.05) is 26.2 Å². The predicted molar refractivity (Wildman–Crippen MR) is 68.9 cm³/mol. The van der Waals surface area contributed by atoms with Crippen molar-refractivity contribution in [1.82, 2.24) is 10.6 Å². The Morgan fingerprint density at radius 1 is 1.53 bits per heavy atom. The van der Waals surface area contributed by atoms with Crippen molar-refractivity contribution in [2.45, 2.75) is 46.1 Å². The van der Waals surface area contributed by atoms with Gasteiger partial charge in [-0.25, -0.2) is 0 Å². The summed E-state index contributed by atoms with van der Waals surface area (Å²) in [5, 5.41) is 6.29. The Labute approximate surface area is 104 Å². The molecule has 0 aromatic rings. The summed E-state index contributed by atoms with van der Waals surface area (Å²) in [6.45, 7) is 9.33. The Morgan fingerprint density at radius 2 is 2.29 bits per heavy atom. The summed E-state index contributed by atoms with van der Waals surface area (Å²) in [6.07, 6.45) is 3.22. The summed E-state index contributed by atoms with van der Waals surface area (Å²) < 4.78 is 5.43. The van der Waals surface area contributed by atoms with Gasteiger partial charge < -0.3 is 15.4 Å². The number of carbonyl (C=O) groups excluding carboxylic acids is 1. The summed E-state index contributed by atoms with van der Waals surface area (Å²) in [4.78, 5) is 12.0. The van der Waals surface area contributed by atoms with E-state index in [1.807, 2.05) is 20.8 Å². The molecule has 1 unspecified atom stereocenters. The van der Waals surface area contributed by atoms with Gasteiger partial charge in [0.15, 0.2) is 0 Å². The number of hydrogen-bond acceptors (Lipinski definition) is 3. The number of nitrogens with one attached hydrogen (secondary N) is 2. The van der Waals surface area contributed by atoms with Crippen LogP contribution in [0.3, 0.4) is 0 Å². The number of carbonyl (C=O) groups is 1. The van der Waals surface area contributed by atoms with Gasteiger partial charge in [-0.15, -0.1) is 0 Å². The van der Waals surface area contributed by atoms with E-state index in [4.69, 9.17) is 4.74 Å². The zero-order chi connectivity index (χ0) is 12.7. The topological polar surface area (TPSA) is 50.4 Å². The van der Waals surface area contributed by atoms with E-state index in [1.165, 1.54) is 0 Å². The van der Waals surface area contributed by atoms with Crippen LogP contribution in [0.5, 0.6) is 0 Å². The quantitative estimate of drug-likeness (QED) is 0.690. The first-order valence-corrected chi connectivity index (χ1v) is 6.65. The number of rotatable bonds is 6. The highest BCUT2D eigenvalue weighted by atomic mass is 16.5. The van der Waals surface area contributed by atoms with Gasteiger partial charge in [0.1, 0.15) is 0 Å². The third-order valence-electron chi connectivity index (χ3n) is 3.20. The van der Waals surface area contributed by atoms with Gasteiger partial charge in [-0.2, -0.15) is 0 Å². The molecule has 4 heteroatoms. The highest BCUT2D eigenvalue weighted by Crippen LogP contribution is 2.25. The molecule has 1 atom stereocenters. The molecule has 1 saturated heterocycles. The van der Waals surface area contributed by atoms with Crippen LogP contribution < -0.4 is 10.6 Å². The van der Waals surface area contributed by atoms with Gasteiger partial charge in [0.2, 0.25) is 5.91 Å². The number of piperidine rings is 1. The van der Waals surface area contributed by atoms with E-state index in [-0.39, 0.29) is 17.4 Å². The fraction of sp³-hybridized carbons (Fsp3) is 0.923. The van der Waals surface area contributed by atoms with Gasteiger partial charge in [-0.1, -0.05) is 0 Å². The first kappa shape index (κ1) is 14.5. The fourth-order valence-electron chi connectivity index (χ4n) is 2.06. The van der Waals surface area contributed by atoms with E-state index in [9.17, 15) is 4.79 Å². The van der Waals surface area contributed by atoms with Crippen molar-refractivity contribution in [1.29, 1.82) is 0 Å². The maximum Gasteiger partial charge on any atom is 0.227 e. The van der Waals surface area contributed by atoms with Crippen LogP contribution in [0.15, 0.2) is 0 Å². The van der Waals surface area contributed by atoms with Gasteiger partial charge in [-0.05, 0) is 46.6 Å². The summed E-state index contributed by atoms with van der Waals surface area (Å²) >= 11 is 0. The van der Waals surface area contributed by atoms with Crippen molar-refractivity contribution < 1.29 is 9.53 Å². The SMILES string of the molecule is CC(C)OCCCNC(=O)C1(C)CCCNC1. The first-order chi connectivity index (χ1) is 8.04. The van der Waals surface area contributed by atoms with Crippen molar-refractivity contribution >= 4 is 5.91 Å². The molecule has 4 nitrogen and oxygen atoms in total. The number of amides is 1. The number of ether oxygens (including phenoxy) is 1. The Balaban J connectivity index is 2.15. The van der Waals surface area contributed by atoms with Crippen LogP contribution in [-0.2, 0) is 9.53 Å². The molecule has 1 fully saturated rings. The molecule has 1 rings (SSSR count). The van der Waals surface area contributed by atoms with Gasteiger partial charge in [-0.3, -0.25) is 4.79 Å². The molecule has 0 aromatic heterocycles. The molecule has 1 aliphatic heterocycles. The van der Waals surface area contributed by atoms with Gasteiger partial charge in [0, 0.05) is 19.7 Å². The second kappa shape index (κ2) is 6.97. The minimum atomic E-state index is -0.225. The lowest BCUT2D eigenvalue weighted by Gasteiger charge is -2.32. The normalized spacial score (nSPS) is 24.9. The van der Waals surface area contributed by atoms with Crippen LogP contribution in [0.25, 0.3) is 0 Å². The molecule has 1 heterocycles. The fourth-order valence-corrected chi connectivity index (χ4v) is 2.06. The average Bonchev–Trinajstić information content (AvgIpc) is 2.29. The zero-order valence-electron chi connectivity index (χ0n) is 11.3. The molecule has 2 N–H and O–H groups in total. The van der Waals surface area contributed by atoms with Crippen molar-refractivity contribution in [3.8, 4) is 0 Å². The van der Waals surface area contributed by atoms with Crippen LogP contribution in [0.1, 0.15) is 40.0 Å². The Bertz CT molecular complexity index is 236. The number of hydrogen-bond donors (Lipinski definition) is 2. The summed E-state index contributed by atoms with van der Waals surface area (Å²) in [5.41, 5.74) is -0.225. The molecule has 0 bridgehead atoms. The van der Waals surface area contributed by atoms with Crippen molar-refractivity contribution in [2.24, 2.45) is 5.41 Å². The van der Waals surface area contributed by atoms with Crippen LogP contribution in [0, 0.1) is 5.41 Å². The third kappa shape index (κ3) is 5.04. The maximum absolute atomic E-state index is 12.0. The van der Waals surface area contributed by atoms with E-state index in [1.54, 1.807) is 0 Å². The van der Waals surface area contributed by atoms with Crippen LogP contribution in [-0.4, -0.2) is 38.3 Å². The predicted octanol–water partition coefficient (Wildman–Crippen LogP) is 1.31. The molecule has 0 radical (unpaired) electrons. The molecule has 100 valence electrons. The largest absolute Gasteiger partial charge is 0.379 e. The second-order valence-corrected chi connectivity index (χ2v) is 5.37. The van der Waals surface area contributed by atoms with Crippen LogP contribution in [0.4, 0.5) is 0 Å². The molecule has 0 aliphatic carbocycles. The van der Waals surface area contributed by atoms with Crippen molar-refractivity contribution in [3.05, 3.63) is 0 Å². The Hall–Kier alpha value is -0.610. The smallest absolute Gasteiger partial charge is 0.227 e. The highest BCUT2D eigenvalue weighted by molar-refractivity contribution is 5.82. The van der Waals surface area contributed by atoms with Crippen LogP contribution >= 0.6 is 0 Å². The van der Waals surface area contributed by atoms with Crippen LogP contribution in [0.2, 0.25) is 0 Å². The lowest BCUT2D eigenvalue weighted by atomic mass is 9.82. The monoisotopic (exact) mass is 242 g/mol. The molecule has 17 heavy (non-hydrogen) atoms. The zero-order valence-corrected chi connectivity index (χ0v) is 11.3. The highest BCUT2D eigenvalue weighted by Gasteiger charge is 2.34. The maximum atomic E-state index is 12.0. The van der Waals surface area contributed by atoms with Gasteiger partial charge >= 0.3 is 0 Å². The minimum absolute atomic E-state index is 0.175. The summed E-state index contributed by atoms with van der Waals surface area (Å²) in [7, 11) is 0. The van der Waals surface area contributed by atoms with E-state index in [2.05, 4.69) is 10.6 Å². The summed E-state index contributed by atoms with van der Waals surface area (Å²) in [6, 6.07) is 0. The molecular formula is C13H26N2O2. The van der Waals surface area contributed by atoms with Gasteiger partial charge in [0.05, 0.1) is 11.5 Å². The third-order valence-corrected chi connectivity index (χ3v) is 3.20. The molecule has 1 aliphatic rings. The average molecular weight is 242 g/mol. The minimum Gasteiger partial charge on any atom is -0.379 e. The van der Waals surface area contributed by atoms with E-state index >= 15 is 0 Å². The Morgan fingerprint density at radius 3 is 2.88 bits per heavy atom. The molecule has 1 amide bonds. The molecular weight excluding hydrogens is 216 g/mol.